The van der Waals surface area contributed by atoms with Gasteiger partial charge in [-0.15, -0.1) is 0 Å². The Bertz CT molecular complexity index is 377. The fraction of sp³-hybridized carbons (Fsp3) is 0.385. The lowest BCUT2D eigenvalue weighted by molar-refractivity contribution is -0.137. The van der Waals surface area contributed by atoms with Crippen LogP contribution in [0.5, 0.6) is 0 Å². The number of allylic oxidation sites excluding steroid dienone is 1. The van der Waals surface area contributed by atoms with Crippen molar-refractivity contribution in [3.05, 3.63) is 36.0 Å². The molecule has 0 aromatic heterocycles. The van der Waals surface area contributed by atoms with Crippen molar-refractivity contribution in [2.75, 3.05) is 6.54 Å². The van der Waals surface area contributed by atoms with Gasteiger partial charge in [0.15, 0.2) is 0 Å². The normalized spacial score (nSPS) is 16.8. The fourth-order valence-electron chi connectivity index (χ4n) is 1.66. The van der Waals surface area contributed by atoms with Crippen molar-refractivity contribution in [2.24, 2.45) is 0 Å². The molecule has 1 heterocycles. The molecule has 0 atom stereocenters. The number of nitrogens with zero attached hydrogens (tertiary/aromatic N) is 1. The van der Waals surface area contributed by atoms with Gasteiger partial charge in [-0.25, -0.2) is 0 Å². The lowest BCUT2D eigenvalue weighted by Crippen LogP contribution is -2.32. The first-order valence-corrected chi connectivity index (χ1v) is 5.53. The molecule has 86 valence electrons. The number of unbranched alkanes of at least 4 members (excludes halogenated alkanes) is 1. The highest BCUT2D eigenvalue weighted by Gasteiger charge is 2.34. The summed E-state index contributed by atoms with van der Waals surface area (Å²) in [6.45, 7) is 7.92. The van der Waals surface area contributed by atoms with E-state index in [4.69, 9.17) is 0 Å². The summed E-state index contributed by atoms with van der Waals surface area (Å²) in [5.41, 5.74) is 0.873. The minimum atomic E-state index is -0.221. The summed E-state index contributed by atoms with van der Waals surface area (Å²) in [5.74, 6) is -0.423. The van der Waals surface area contributed by atoms with Crippen LogP contribution in [0, 0.1) is 0 Å². The summed E-state index contributed by atoms with van der Waals surface area (Å²) in [6, 6.07) is 0. The predicted molar refractivity (Wildman–Crippen MR) is 63.7 cm³/mol. The van der Waals surface area contributed by atoms with Crippen LogP contribution in [-0.2, 0) is 9.59 Å². The Balaban J connectivity index is 2.98. The highest BCUT2D eigenvalue weighted by Crippen LogP contribution is 2.22. The molecule has 0 spiro atoms. The zero-order chi connectivity index (χ0) is 12.1. The maximum absolute atomic E-state index is 11.9. The van der Waals surface area contributed by atoms with E-state index in [1.54, 1.807) is 12.2 Å². The molecule has 0 radical (unpaired) electrons. The molecule has 3 nitrogen and oxygen atoms in total. The van der Waals surface area contributed by atoms with Crippen LogP contribution in [0.4, 0.5) is 0 Å². The molecule has 0 unspecified atom stereocenters. The molecule has 0 saturated carbocycles. The van der Waals surface area contributed by atoms with Crippen LogP contribution in [0.15, 0.2) is 36.0 Å². The standard InChI is InChI=1S/C13H17NO2/c1-4-7-9-14-12(15)10(6-3)11(8-5-2)13(14)16/h5-6,8H,3-4,7,9H2,1-2H3/b8-5-. The number of carbonyl (C=O) groups is 2. The van der Waals surface area contributed by atoms with Gasteiger partial charge in [0.25, 0.3) is 11.8 Å². The van der Waals surface area contributed by atoms with Crippen molar-refractivity contribution < 1.29 is 9.59 Å². The Kier molecular flexibility index (Phi) is 4.23. The van der Waals surface area contributed by atoms with E-state index in [9.17, 15) is 9.59 Å². The lowest BCUT2D eigenvalue weighted by Gasteiger charge is -2.13. The number of rotatable bonds is 5. The second kappa shape index (κ2) is 5.45. The number of imide groups is 1. The van der Waals surface area contributed by atoms with Gasteiger partial charge in [-0.3, -0.25) is 14.5 Å². The fourth-order valence-corrected chi connectivity index (χ4v) is 1.66. The van der Waals surface area contributed by atoms with Crippen LogP contribution in [0.1, 0.15) is 26.7 Å². The van der Waals surface area contributed by atoms with Gasteiger partial charge in [-0.05, 0) is 13.3 Å². The summed E-state index contributed by atoms with van der Waals surface area (Å²) >= 11 is 0. The van der Waals surface area contributed by atoms with Gasteiger partial charge in [0.1, 0.15) is 0 Å². The van der Waals surface area contributed by atoms with Gasteiger partial charge in [0, 0.05) is 6.54 Å². The van der Waals surface area contributed by atoms with E-state index in [0.29, 0.717) is 17.7 Å². The average molecular weight is 219 g/mol. The number of hydrogen-bond donors (Lipinski definition) is 0. The van der Waals surface area contributed by atoms with E-state index in [2.05, 4.69) is 6.58 Å². The molecular weight excluding hydrogens is 202 g/mol. The minimum absolute atomic E-state index is 0.202. The van der Waals surface area contributed by atoms with Crippen LogP contribution < -0.4 is 0 Å². The maximum atomic E-state index is 11.9. The van der Waals surface area contributed by atoms with Crippen LogP contribution in [0.25, 0.3) is 0 Å². The molecule has 1 aliphatic rings. The highest BCUT2D eigenvalue weighted by molar-refractivity contribution is 6.21. The van der Waals surface area contributed by atoms with Gasteiger partial charge >= 0.3 is 0 Å². The molecule has 0 bridgehead atoms. The van der Waals surface area contributed by atoms with Crippen molar-refractivity contribution in [2.45, 2.75) is 26.7 Å². The molecule has 0 aromatic rings. The third-order valence-corrected chi connectivity index (χ3v) is 2.51. The molecule has 1 rings (SSSR count). The second-order valence-corrected chi connectivity index (χ2v) is 3.65. The van der Waals surface area contributed by atoms with Crippen LogP contribution in [-0.4, -0.2) is 23.3 Å². The Hall–Kier alpha value is -1.64. The Labute approximate surface area is 96.1 Å². The van der Waals surface area contributed by atoms with Crippen LogP contribution >= 0.6 is 0 Å². The molecule has 1 aliphatic heterocycles. The Morgan fingerprint density at radius 2 is 1.88 bits per heavy atom. The quantitative estimate of drug-likeness (QED) is 0.665. The molecule has 0 aromatic carbocycles. The first-order chi connectivity index (χ1) is 7.67. The molecule has 2 amide bonds. The summed E-state index contributed by atoms with van der Waals surface area (Å²) in [4.78, 5) is 25.1. The second-order valence-electron chi connectivity index (χ2n) is 3.65. The van der Waals surface area contributed by atoms with E-state index in [1.807, 2.05) is 13.8 Å². The average Bonchev–Trinajstić information content (AvgIpc) is 2.50. The van der Waals surface area contributed by atoms with Crippen molar-refractivity contribution in [1.82, 2.24) is 4.90 Å². The van der Waals surface area contributed by atoms with Gasteiger partial charge in [0.05, 0.1) is 11.1 Å². The smallest absolute Gasteiger partial charge is 0.261 e. The third kappa shape index (κ3) is 2.13. The van der Waals surface area contributed by atoms with Gasteiger partial charge in [-0.1, -0.05) is 38.2 Å². The van der Waals surface area contributed by atoms with Crippen molar-refractivity contribution in [3.63, 3.8) is 0 Å². The topological polar surface area (TPSA) is 37.4 Å². The maximum Gasteiger partial charge on any atom is 0.261 e. The highest BCUT2D eigenvalue weighted by atomic mass is 16.2. The van der Waals surface area contributed by atoms with E-state index in [0.717, 1.165) is 12.8 Å². The summed E-state index contributed by atoms with van der Waals surface area (Å²) in [6.07, 6.45) is 6.68. The minimum Gasteiger partial charge on any atom is -0.274 e. The monoisotopic (exact) mass is 219 g/mol. The number of amides is 2. The Morgan fingerprint density at radius 1 is 1.25 bits per heavy atom. The van der Waals surface area contributed by atoms with Crippen molar-refractivity contribution in [3.8, 4) is 0 Å². The molecule has 16 heavy (non-hydrogen) atoms. The van der Waals surface area contributed by atoms with Gasteiger partial charge in [0.2, 0.25) is 0 Å². The molecule has 3 heteroatoms. The van der Waals surface area contributed by atoms with E-state index in [-0.39, 0.29) is 11.8 Å². The largest absolute Gasteiger partial charge is 0.274 e. The first-order valence-electron chi connectivity index (χ1n) is 5.53. The number of hydrogen-bond acceptors (Lipinski definition) is 2. The molecule has 0 aliphatic carbocycles. The summed E-state index contributed by atoms with van der Waals surface area (Å²) in [5, 5.41) is 0. The molecule has 0 N–H and O–H groups in total. The summed E-state index contributed by atoms with van der Waals surface area (Å²) < 4.78 is 0. The SMILES string of the molecule is C=CC1=C(/C=C\C)C(=O)N(CCCC)C1=O. The molecule has 0 fully saturated rings. The summed E-state index contributed by atoms with van der Waals surface area (Å²) in [7, 11) is 0. The van der Waals surface area contributed by atoms with E-state index in [1.165, 1.54) is 11.0 Å². The van der Waals surface area contributed by atoms with Crippen LogP contribution in [0.3, 0.4) is 0 Å². The first kappa shape index (κ1) is 12.4. The molecule has 0 saturated heterocycles. The van der Waals surface area contributed by atoms with Gasteiger partial charge in [-0.2, -0.15) is 0 Å². The predicted octanol–water partition coefficient (Wildman–Crippen LogP) is 2.21. The lowest BCUT2D eigenvalue weighted by atomic mass is 10.1. The third-order valence-electron chi connectivity index (χ3n) is 2.51. The van der Waals surface area contributed by atoms with Crippen LogP contribution in [0.2, 0.25) is 0 Å². The van der Waals surface area contributed by atoms with Crippen molar-refractivity contribution >= 4 is 11.8 Å². The Morgan fingerprint density at radius 3 is 2.38 bits per heavy atom. The zero-order valence-corrected chi connectivity index (χ0v) is 9.82. The van der Waals surface area contributed by atoms with E-state index < -0.39 is 0 Å². The molecular formula is C13H17NO2. The van der Waals surface area contributed by atoms with Gasteiger partial charge < -0.3 is 0 Å². The zero-order valence-electron chi connectivity index (χ0n) is 9.82. The number of carbonyl (C=O) groups excluding carboxylic acids is 2. The van der Waals surface area contributed by atoms with Crippen molar-refractivity contribution in [1.29, 1.82) is 0 Å². The van der Waals surface area contributed by atoms with E-state index >= 15 is 0 Å².